The van der Waals surface area contributed by atoms with Crippen LogP contribution in [0.5, 0.6) is 0 Å². The molecule has 0 spiro atoms. The lowest BCUT2D eigenvalue weighted by atomic mass is 10.1. The van der Waals surface area contributed by atoms with Crippen LogP contribution in [0.15, 0.2) is 55.0 Å². The van der Waals surface area contributed by atoms with Crippen LogP contribution in [0.4, 0.5) is 23.2 Å². The quantitative estimate of drug-likeness (QED) is 0.548. The van der Waals surface area contributed by atoms with Crippen molar-refractivity contribution in [1.82, 2.24) is 15.3 Å². The van der Waals surface area contributed by atoms with Gasteiger partial charge in [0.1, 0.15) is 17.3 Å². The largest absolute Gasteiger partial charge is 0.348 e. The molecule has 33 heavy (non-hydrogen) atoms. The maximum atomic E-state index is 14.1. The SMILES string of the molecule is O=C(Nc1cncc(-c2cc(F)ccc2F)c1)c1ccnc(C(=O)NC2CCC(F)(F)C2)c1. The molecule has 4 rings (SSSR count). The van der Waals surface area contributed by atoms with Gasteiger partial charge in [0.05, 0.1) is 11.9 Å². The van der Waals surface area contributed by atoms with Crippen molar-refractivity contribution in [2.75, 3.05) is 5.32 Å². The molecule has 0 saturated heterocycles. The topological polar surface area (TPSA) is 84.0 Å². The molecule has 1 atom stereocenters. The maximum absolute atomic E-state index is 14.1. The number of hydrogen-bond donors (Lipinski definition) is 2. The fourth-order valence-corrected chi connectivity index (χ4v) is 3.61. The van der Waals surface area contributed by atoms with Crippen molar-refractivity contribution in [2.24, 2.45) is 0 Å². The Kier molecular flexibility index (Phi) is 6.08. The van der Waals surface area contributed by atoms with Crippen LogP contribution in [-0.2, 0) is 0 Å². The van der Waals surface area contributed by atoms with E-state index in [1.54, 1.807) is 0 Å². The molecule has 2 heterocycles. The van der Waals surface area contributed by atoms with Crippen molar-refractivity contribution in [2.45, 2.75) is 31.2 Å². The summed E-state index contributed by atoms with van der Waals surface area (Å²) in [6.07, 6.45) is 3.34. The number of amides is 2. The monoisotopic (exact) mass is 458 g/mol. The maximum Gasteiger partial charge on any atom is 0.270 e. The molecule has 1 aliphatic carbocycles. The van der Waals surface area contributed by atoms with Gasteiger partial charge >= 0.3 is 0 Å². The van der Waals surface area contributed by atoms with Gasteiger partial charge in [-0.1, -0.05) is 0 Å². The summed E-state index contributed by atoms with van der Waals surface area (Å²) in [5.41, 5.74) is 0.463. The van der Waals surface area contributed by atoms with Gasteiger partial charge in [0.2, 0.25) is 5.92 Å². The Morgan fingerprint density at radius 2 is 1.85 bits per heavy atom. The third-order valence-electron chi connectivity index (χ3n) is 5.23. The lowest BCUT2D eigenvalue weighted by Gasteiger charge is -2.13. The number of hydrogen-bond acceptors (Lipinski definition) is 4. The van der Waals surface area contributed by atoms with Crippen molar-refractivity contribution in [3.63, 3.8) is 0 Å². The first kappa shape index (κ1) is 22.4. The van der Waals surface area contributed by atoms with Crippen molar-refractivity contribution >= 4 is 17.5 Å². The van der Waals surface area contributed by atoms with E-state index in [2.05, 4.69) is 20.6 Å². The van der Waals surface area contributed by atoms with Gasteiger partial charge in [-0.05, 0) is 42.8 Å². The van der Waals surface area contributed by atoms with E-state index >= 15 is 0 Å². The average molecular weight is 458 g/mol. The number of pyridine rings is 2. The Labute approximate surface area is 186 Å². The molecule has 1 fully saturated rings. The highest BCUT2D eigenvalue weighted by Gasteiger charge is 2.40. The van der Waals surface area contributed by atoms with E-state index in [0.29, 0.717) is 0 Å². The van der Waals surface area contributed by atoms with Gasteiger partial charge in [-0.25, -0.2) is 17.6 Å². The second-order valence-electron chi connectivity index (χ2n) is 7.74. The van der Waals surface area contributed by atoms with E-state index in [1.807, 2.05) is 0 Å². The van der Waals surface area contributed by atoms with Crippen LogP contribution in [0.2, 0.25) is 0 Å². The van der Waals surface area contributed by atoms with Crippen LogP contribution in [0, 0.1) is 11.6 Å². The van der Waals surface area contributed by atoms with Crippen molar-refractivity contribution in [1.29, 1.82) is 0 Å². The lowest BCUT2D eigenvalue weighted by molar-refractivity contribution is 0.00709. The van der Waals surface area contributed by atoms with Crippen LogP contribution >= 0.6 is 0 Å². The molecule has 1 saturated carbocycles. The molecule has 2 aromatic heterocycles. The van der Waals surface area contributed by atoms with E-state index in [0.717, 1.165) is 18.2 Å². The third-order valence-corrected chi connectivity index (χ3v) is 5.23. The number of anilines is 1. The van der Waals surface area contributed by atoms with Crippen LogP contribution in [0.25, 0.3) is 11.1 Å². The molecule has 0 bridgehead atoms. The highest BCUT2D eigenvalue weighted by molar-refractivity contribution is 6.05. The molecule has 170 valence electrons. The normalized spacial score (nSPS) is 16.9. The number of nitrogens with zero attached hydrogens (tertiary/aromatic N) is 2. The molecule has 6 nitrogen and oxygen atoms in total. The zero-order valence-electron chi connectivity index (χ0n) is 17.1. The third kappa shape index (κ3) is 5.33. The van der Waals surface area contributed by atoms with Crippen molar-refractivity contribution < 1.29 is 27.2 Å². The summed E-state index contributed by atoms with van der Waals surface area (Å²) in [6, 6.07) is 6.38. The minimum atomic E-state index is -2.80. The molecule has 1 aromatic carbocycles. The summed E-state index contributed by atoms with van der Waals surface area (Å²) in [5, 5.41) is 5.09. The molecule has 0 aliphatic heterocycles. The lowest BCUT2D eigenvalue weighted by Crippen LogP contribution is -2.34. The average Bonchev–Trinajstić information content (AvgIpc) is 3.13. The molecule has 2 N–H and O–H groups in total. The van der Waals surface area contributed by atoms with E-state index in [1.165, 1.54) is 36.8 Å². The Balaban J connectivity index is 1.47. The van der Waals surface area contributed by atoms with Gasteiger partial charge in [-0.3, -0.25) is 19.6 Å². The predicted octanol–water partition coefficient (Wildman–Crippen LogP) is 4.59. The summed E-state index contributed by atoms with van der Waals surface area (Å²) >= 11 is 0. The smallest absolute Gasteiger partial charge is 0.270 e. The molecule has 2 amide bonds. The summed E-state index contributed by atoms with van der Waals surface area (Å²) in [4.78, 5) is 32.9. The summed E-state index contributed by atoms with van der Waals surface area (Å²) < 4.78 is 54.2. The van der Waals surface area contributed by atoms with Crippen LogP contribution in [-0.4, -0.2) is 33.7 Å². The number of aromatic nitrogens is 2. The van der Waals surface area contributed by atoms with E-state index < -0.39 is 41.8 Å². The number of alkyl halides is 2. The predicted molar refractivity (Wildman–Crippen MR) is 112 cm³/mol. The zero-order valence-corrected chi connectivity index (χ0v) is 17.1. The zero-order chi connectivity index (χ0) is 23.6. The molecular weight excluding hydrogens is 440 g/mol. The Morgan fingerprint density at radius 3 is 2.61 bits per heavy atom. The molecular formula is C23H18F4N4O2. The molecule has 0 radical (unpaired) electrons. The van der Waals surface area contributed by atoms with Crippen molar-refractivity contribution in [3.05, 3.63) is 77.9 Å². The first-order valence-electron chi connectivity index (χ1n) is 10.1. The van der Waals surface area contributed by atoms with E-state index in [4.69, 9.17) is 0 Å². The number of nitrogens with one attached hydrogen (secondary N) is 2. The number of carbonyl (C=O) groups excluding carboxylic acids is 2. The Morgan fingerprint density at radius 1 is 1.03 bits per heavy atom. The van der Waals surface area contributed by atoms with Gasteiger partial charge in [-0.2, -0.15) is 0 Å². The first-order valence-corrected chi connectivity index (χ1v) is 10.1. The van der Waals surface area contributed by atoms with Crippen LogP contribution in [0.1, 0.15) is 40.1 Å². The first-order chi connectivity index (χ1) is 15.7. The Bertz CT molecular complexity index is 1220. The van der Waals surface area contributed by atoms with E-state index in [9.17, 15) is 27.2 Å². The fourth-order valence-electron chi connectivity index (χ4n) is 3.61. The standard InChI is InChI=1S/C23H18F4N4O2/c24-15-1-2-19(25)18(9-15)14-7-17(12-28-11-14)31-21(32)13-4-6-29-20(8-13)22(33)30-16-3-5-23(26,27)10-16/h1-2,4,6-9,11-12,16H,3,5,10H2,(H,30,33)(H,31,32). The highest BCUT2D eigenvalue weighted by Crippen LogP contribution is 2.34. The van der Waals surface area contributed by atoms with Gasteiger partial charge in [-0.15, -0.1) is 0 Å². The van der Waals surface area contributed by atoms with Crippen LogP contribution in [0.3, 0.4) is 0 Å². The van der Waals surface area contributed by atoms with Crippen molar-refractivity contribution in [3.8, 4) is 11.1 Å². The van der Waals surface area contributed by atoms with Gasteiger partial charge in [0, 0.05) is 48.0 Å². The summed E-state index contributed by atoms with van der Waals surface area (Å²) in [7, 11) is 0. The molecule has 1 unspecified atom stereocenters. The van der Waals surface area contributed by atoms with Gasteiger partial charge in [0.15, 0.2) is 0 Å². The number of carbonyl (C=O) groups is 2. The molecule has 3 aromatic rings. The fraction of sp³-hybridized carbons (Fsp3) is 0.217. The van der Waals surface area contributed by atoms with Crippen LogP contribution < -0.4 is 10.6 Å². The Hall–Kier alpha value is -3.82. The van der Waals surface area contributed by atoms with Gasteiger partial charge in [0.25, 0.3) is 11.8 Å². The second-order valence-corrected chi connectivity index (χ2v) is 7.74. The molecule has 1 aliphatic rings. The highest BCUT2D eigenvalue weighted by atomic mass is 19.3. The minimum absolute atomic E-state index is 0.0149. The molecule has 10 heteroatoms. The van der Waals surface area contributed by atoms with Gasteiger partial charge < -0.3 is 10.6 Å². The number of rotatable bonds is 5. The number of halogens is 4. The minimum Gasteiger partial charge on any atom is -0.348 e. The van der Waals surface area contributed by atoms with E-state index in [-0.39, 0.29) is 40.9 Å². The summed E-state index contributed by atoms with van der Waals surface area (Å²) in [5.74, 6) is -5.32. The summed E-state index contributed by atoms with van der Waals surface area (Å²) in [6.45, 7) is 0. The second kappa shape index (κ2) is 8.97. The number of benzene rings is 1.